The summed E-state index contributed by atoms with van der Waals surface area (Å²) < 4.78 is 5.34. The second-order valence-corrected chi connectivity index (χ2v) is 5.80. The molecule has 0 fully saturated rings. The molecule has 5 heteroatoms. The van der Waals surface area contributed by atoms with Gasteiger partial charge in [0.05, 0.1) is 0 Å². The van der Waals surface area contributed by atoms with E-state index in [9.17, 15) is 0 Å². The largest absolute Gasteiger partial charge is 0.382 e. The normalized spacial score (nSPS) is 11.9. The third-order valence-electron chi connectivity index (χ3n) is 3.95. The number of hydrogen-bond acceptors (Lipinski definition) is 2. The number of nitrogens with zero attached hydrogens (tertiary/aromatic N) is 1. The lowest BCUT2D eigenvalue weighted by molar-refractivity contribution is 0.146. The van der Waals surface area contributed by atoms with Gasteiger partial charge in [-0.25, -0.2) is 0 Å². The Bertz CT molecular complexity index is 648. The molecule has 132 valence electrons. The summed E-state index contributed by atoms with van der Waals surface area (Å²) >= 11 is 0. The Morgan fingerprint density at radius 1 is 1.25 bits per heavy atom. The van der Waals surface area contributed by atoms with Crippen molar-refractivity contribution in [1.82, 2.24) is 15.6 Å². The number of fused-ring (bicyclic) bond motifs is 1. The summed E-state index contributed by atoms with van der Waals surface area (Å²) in [5, 5.41) is 8.06. The molecule has 0 aliphatic heterocycles. The molecule has 0 aliphatic carbocycles. The molecule has 0 amide bonds. The summed E-state index contributed by atoms with van der Waals surface area (Å²) in [6.45, 7) is 10.3. The van der Waals surface area contributed by atoms with Gasteiger partial charge in [0, 0.05) is 49.9 Å². The molecule has 0 radical (unpaired) electrons. The van der Waals surface area contributed by atoms with Crippen LogP contribution in [0.5, 0.6) is 0 Å². The Morgan fingerprint density at radius 3 is 2.92 bits per heavy atom. The molecular formula is C19H30N4O. The van der Waals surface area contributed by atoms with Crippen molar-refractivity contribution >= 4 is 16.9 Å². The smallest absolute Gasteiger partial charge is 0.191 e. The van der Waals surface area contributed by atoms with Crippen LogP contribution in [0.1, 0.15) is 31.4 Å². The predicted octanol–water partition coefficient (Wildman–Crippen LogP) is 3.00. The quantitative estimate of drug-likeness (QED) is 0.376. The van der Waals surface area contributed by atoms with Gasteiger partial charge in [-0.3, -0.25) is 4.99 Å². The van der Waals surface area contributed by atoms with Crippen LogP contribution in [0.4, 0.5) is 0 Å². The van der Waals surface area contributed by atoms with Crippen LogP contribution in [0.25, 0.3) is 10.9 Å². The van der Waals surface area contributed by atoms with Crippen LogP contribution in [-0.2, 0) is 11.2 Å². The van der Waals surface area contributed by atoms with Gasteiger partial charge < -0.3 is 20.4 Å². The first-order valence-electron chi connectivity index (χ1n) is 8.91. The van der Waals surface area contributed by atoms with E-state index in [1.165, 1.54) is 22.0 Å². The van der Waals surface area contributed by atoms with E-state index in [-0.39, 0.29) is 0 Å². The van der Waals surface area contributed by atoms with Crippen LogP contribution in [0.3, 0.4) is 0 Å². The first-order chi connectivity index (χ1) is 11.8. The first kappa shape index (κ1) is 18.3. The lowest BCUT2D eigenvalue weighted by Gasteiger charge is -2.11. The number of rotatable bonds is 9. The zero-order chi connectivity index (χ0) is 17.2. The number of H-pyrrole nitrogens is 1. The number of benzene rings is 1. The van der Waals surface area contributed by atoms with E-state index in [0.29, 0.717) is 0 Å². The summed E-state index contributed by atoms with van der Waals surface area (Å²) in [5.74, 6) is 0.880. The van der Waals surface area contributed by atoms with Crippen LogP contribution < -0.4 is 10.6 Å². The van der Waals surface area contributed by atoms with Crippen LogP contribution in [0.2, 0.25) is 0 Å². The SMILES string of the molecule is CCNC(=NCCCOCC)NCCc1c[nH]c2cccc(C)c12. The molecule has 0 saturated heterocycles. The second kappa shape index (κ2) is 9.98. The topological polar surface area (TPSA) is 61.4 Å². The van der Waals surface area contributed by atoms with E-state index < -0.39 is 0 Å². The molecular weight excluding hydrogens is 300 g/mol. The number of hydrogen-bond donors (Lipinski definition) is 3. The van der Waals surface area contributed by atoms with Gasteiger partial charge in [-0.15, -0.1) is 0 Å². The fourth-order valence-electron chi connectivity index (χ4n) is 2.81. The van der Waals surface area contributed by atoms with Gasteiger partial charge in [0.2, 0.25) is 0 Å². The van der Waals surface area contributed by atoms with Gasteiger partial charge in [0.1, 0.15) is 0 Å². The monoisotopic (exact) mass is 330 g/mol. The molecule has 1 aromatic carbocycles. The van der Waals surface area contributed by atoms with Crippen LogP contribution in [-0.4, -0.2) is 43.8 Å². The van der Waals surface area contributed by atoms with E-state index in [1.54, 1.807) is 0 Å². The Labute approximate surface area is 144 Å². The third kappa shape index (κ3) is 5.27. The van der Waals surface area contributed by atoms with Crippen molar-refractivity contribution in [1.29, 1.82) is 0 Å². The van der Waals surface area contributed by atoms with E-state index in [4.69, 9.17) is 4.74 Å². The summed E-state index contributed by atoms with van der Waals surface area (Å²) in [7, 11) is 0. The van der Waals surface area contributed by atoms with Crippen LogP contribution >= 0.6 is 0 Å². The molecule has 2 rings (SSSR count). The number of guanidine groups is 1. The molecule has 5 nitrogen and oxygen atoms in total. The van der Waals surface area contributed by atoms with Crippen molar-refractivity contribution in [2.45, 2.75) is 33.6 Å². The maximum absolute atomic E-state index is 5.34. The van der Waals surface area contributed by atoms with Gasteiger partial charge in [-0.2, -0.15) is 0 Å². The second-order valence-electron chi connectivity index (χ2n) is 5.80. The number of nitrogens with one attached hydrogen (secondary N) is 3. The lowest BCUT2D eigenvalue weighted by Crippen LogP contribution is -2.38. The van der Waals surface area contributed by atoms with Crippen molar-refractivity contribution in [3.8, 4) is 0 Å². The van der Waals surface area contributed by atoms with Crippen molar-refractivity contribution in [3.05, 3.63) is 35.5 Å². The Kier molecular flexibility index (Phi) is 7.62. The first-order valence-corrected chi connectivity index (χ1v) is 8.91. The third-order valence-corrected chi connectivity index (χ3v) is 3.95. The minimum absolute atomic E-state index is 0.770. The minimum Gasteiger partial charge on any atom is -0.382 e. The standard InChI is InChI=1S/C19H30N4O/c1-4-20-19(21-11-7-13-24-5-2)22-12-10-16-14-23-17-9-6-8-15(3)18(16)17/h6,8-9,14,23H,4-5,7,10-13H2,1-3H3,(H2,20,21,22). The molecule has 1 heterocycles. The molecule has 0 unspecified atom stereocenters. The number of ether oxygens (including phenoxy) is 1. The Hall–Kier alpha value is -2.01. The molecule has 0 bridgehead atoms. The van der Waals surface area contributed by atoms with E-state index in [1.807, 2.05) is 6.92 Å². The molecule has 0 aliphatic rings. The number of aromatic nitrogens is 1. The summed E-state index contributed by atoms with van der Waals surface area (Å²) in [4.78, 5) is 7.95. The van der Waals surface area contributed by atoms with Crippen molar-refractivity contribution in [3.63, 3.8) is 0 Å². The molecule has 0 atom stereocenters. The summed E-state index contributed by atoms with van der Waals surface area (Å²) in [5.41, 5.74) is 3.88. The van der Waals surface area contributed by atoms with Crippen molar-refractivity contribution in [2.75, 3.05) is 32.8 Å². The zero-order valence-electron chi connectivity index (χ0n) is 15.1. The summed E-state index contributed by atoms with van der Waals surface area (Å²) in [6, 6.07) is 6.38. The van der Waals surface area contributed by atoms with Gasteiger partial charge >= 0.3 is 0 Å². The maximum Gasteiger partial charge on any atom is 0.191 e. The van der Waals surface area contributed by atoms with Crippen molar-refractivity contribution < 1.29 is 4.74 Å². The van der Waals surface area contributed by atoms with Gasteiger partial charge in [-0.1, -0.05) is 12.1 Å². The molecule has 24 heavy (non-hydrogen) atoms. The molecule has 0 saturated carbocycles. The maximum atomic E-state index is 5.34. The van der Waals surface area contributed by atoms with E-state index >= 15 is 0 Å². The average molecular weight is 330 g/mol. The number of aromatic amines is 1. The molecule has 3 N–H and O–H groups in total. The zero-order valence-corrected chi connectivity index (χ0v) is 15.1. The lowest BCUT2D eigenvalue weighted by atomic mass is 10.1. The highest BCUT2D eigenvalue weighted by molar-refractivity contribution is 5.86. The number of aryl methyl sites for hydroxylation is 1. The van der Waals surface area contributed by atoms with Gasteiger partial charge in [-0.05, 0) is 50.8 Å². The average Bonchev–Trinajstić information content (AvgIpc) is 2.99. The highest BCUT2D eigenvalue weighted by Gasteiger charge is 2.06. The van der Waals surface area contributed by atoms with E-state index in [0.717, 1.165) is 51.6 Å². The predicted molar refractivity (Wildman–Crippen MR) is 102 cm³/mol. The molecule has 0 spiro atoms. The Morgan fingerprint density at radius 2 is 2.12 bits per heavy atom. The van der Waals surface area contributed by atoms with Crippen LogP contribution in [0, 0.1) is 6.92 Å². The fraction of sp³-hybridized carbons (Fsp3) is 0.526. The number of aliphatic imine (C=N–C) groups is 1. The van der Waals surface area contributed by atoms with Crippen LogP contribution in [0.15, 0.2) is 29.4 Å². The summed E-state index contributed by atoms with van der Waals surface area (Å²) in [6.07, 6.45) is 4.03. The molecule has 2 aromatic rings. The van der Waals surface area contributed by atoms with Crippen molar-refractivity contribution in [2.24, 2.45) is 4.99 Å². The highest BCUT2D eigenvalue weighted by atomic mass is 16.5. The highest BCUT2D eigenvalue weighted by Crippen LogP contribution is 2.22. The fourth-order valence-corrected chi connectivity index (χ4v) is 2.81. The van der Waals surface area contributed by atoms with Gasteiger partial charge in [0.15, 0.2) is 5.96 Å². The molecule has 1 aromatic heterocycles. The Balaban J connectivity index is 1.86. The van der Waals surface area contributed by atoms with E-state index in [2.05, 4.69) is 58.9 Å². The minimum atomic E-state index is 0.770. The van der Waals surface area contributed by atoms with Gasteiger partial charge in [0.25, 0.3) is 0 Å².